The van der Waals surface area contributed by atoms with Crippen LogP contribution < -0.4 is 0 Å². The molecule has 0 aromatic heterocycles. The van der Waals surface area contributed by atoms with Crippen molar-refractivity contribution in [1.82, 2.24) is 0 Å². The van der Waals surface area contributed by atoms with Gasteiger partial charge in [-0.3, -0.25) is 0 Å². The van der Waals surface area contributed by atoms with E-state index >= 15 is 0 Å². The lowest BCUT2D eigenvalue weighted by molar-refractivity contribution is -0.143. The van der Waals surface area contributed by atoms with Gasteiger partial charge in [0.05, 0.1) is 7.11 Å². The first-order valence-electron chi connectivity index (χ1n) is 4.88. The van der Waals surface area contributed by atoms with Crippen molar-refractivity contribution in [2.24, 2.45) is 0 Å². The molecule has 0 fully saturated rings. The number of hydrogen-bond donors (Lipinski definition) is 0. The highest BCUT2D eigenvalue weighted by atomic mass is 79.9. The molecular formula is C12H9BrO4. The van der Waals surface area contributed by atoms with Crippen molar-refractivity contribution in [2.45, 2.75) is 0 Å². The standard InChI is InChI=1S/C12H9BrO4/c1-16-11(14)10-8(6-17-12(10)15)7-4-2-3-5-9(7)13/h2-5H,6H2,1H3. The second-order valence-electron chi connectivity index (χ2n) is 3.40. The summed E-state index contributed by atoms with van der Waals surface area (Å²) < 4.78 is 10.3. The van der Waals surface area contributed by atoms with Crippen LogP contribution in [0, 0.1) is 0 Å². The normalized spacial score (nSPS) is 14.8. The summed E-state index contributed by atoms with van der Waals surface area (Å²) >= 11 is 3.37. The molecule has 1 aliphatic heterocycles. The molecule has 5 heteroatoms. The van der Waals surface area contributed by atoms with E-state index in [9.17, 15) is 9.59 Å². The van der Waals surface area contributed by atoms with Gasteiger partial charge in [0, 0.05) is 10.0 Å². The second kappa shape index (κ2) is 4.71. The van der Waals surface area contributed by atoms with Crippen LogP contribution in [-0.2, 0) is 19.1 Å². The molecule has 0 saturated heterocycles. The summed E-state index contributed by atoms with van der Waals surface area (Å²) in [6.07, 6.45) is 0. The highest BCUT2D eigenvalue weighted by molar-refractivity contribution is 9.10. The predicted octanol–water partition coefficient (Wildman–Crippen LogP) is 1.93. The molecule has 0 unspecified atom stereocenters. The quantitative estimate of drug-likeness (QED) is 0.618. The topological polar surface area (TPSA) is 52.6 Å². The van der Waals surface area contributed by atoms with Crippen LogP contribution in [0.2, 0.25) is 0 Å². The first-order chi connectivity index (χ1) is 8.15. The van der Waals surface area contributed by atoms with Gasteiger partial charge in [0.1, 0.15) is 6.61 Å². The SMILES string of the molecule is COC(=O)C1=C(c2ccccc2Br)COC1=O. The van der Waals surface area contributed by atoms with Gasteiger partial charge >= 0.3 is 11.9 Å². The molecule has 1 aromatic carbocycles. The molecule has 4 nitrogen and oxygen atoms in total. The zero-order chi connectivity index (χ0) is 12.4. The molecule has 0 aliphatic carbocycles. The summed E-state index contributed by atoms with van der Waals surface area (Å²) in [6, 6.07) is 7.32. The van der Waals surface area contributed by atoms with Gasteiger partial charge < -0.3 is 9.47 Å². The number of carbonyl (C=O) groups excluding carboxylic acids is 2. The maximum atomic E-state index is 11.5. The third-order valence-corrected chi connectivity index (χ3v) is 3.13. The van der Waals surface area contributed by atoms with Gasteiger partial charge in [-0.15, -0.1) is 0 Å². The van der Waals surface area contributed by atoms with Crippen LogP contribution in [0.4, 0.5) is 0 Å². The fourth-order valence-corrected chi connectivity index (χ4v) is 2.16. The summed E-state index contributed by atoms with van der Waals surface area (Å²) in [5, 5.41) is 0. The minimum Gasteiger partial charge on any atom is -0.465 e. The van der Waals surface area contributed by atoms with Crippen molar-refractivity contribution in [3.05, 3.63) is 39.9 Å². The fraction of sp³-hybridized carbons (Fsp3) is 0.167. The van der Waals surface area contributed by atoms with Crippen LogP contribution in [0.5, 0.6) is 0 Å². The summed E-state index contributed by atoms with van der Waals surface area (Å²) in [7, 11) is 1.23. The molecular weight excluding hydrogens is 288 g/mol. The third-order valence-electron chi connectivity index (χ3n) is 2.44. The average molecular weight is 297 g/mol. The second-order valence-corrected chi connectivity index (χ2v) is 4.26. The number of cyclic esters (lactones) is 1. The van der Waals surface area contributed by atoms with Gasteiger partial charge in [0.15, 0.2) is 5.57 Å². The number of rotatable bonds is 2. The zero-order valence-electron chi connectivity index (χ0n) is 9.03. The maximum Gasteiger partial charge on any atom is 0.346 e. The Bertz CT molecular complexity index is 519. The van der Waals surface area contributed by atoms with E-state index in [-0.39, 0.29) is 12.2 Å². The monoisotopic (exact) mass is 296 g/mol. The van der Waals surface area contributed by atoms with Gasteiger partial charge in [-0.25, -0.2) is 9.59 Å². The predicted molar refractivity (Wildman–Crippen MR) is 64.0 cm³/mol. The molecule has 1 heterocycles. The van der Waals surface area contributed by atoms with Crippen LogP contribution >= 0.6 is 15.9 Å². The number of hydrogen-bond acceptors (Lipinski definition) is 4. The Kier molecular flexibility index (Phi) is 3.28. The van der Waals surface area contributed by atoms with Crippen LogP contribution in [0.1, 0.15) is 5.56 Å². The number of methoxy groups -OCH3 is 1. The minimum atomic E-state index is -0.668. The summed E-state index contributed by atoms with van der Waals surface area (Å²) in [4.78, 5) is 23.0. The Morgan fingerprint density at radius 2 is 2.12 bits per heavy atom. The van der Waals surface area contributed by atoms with Crippen LogP contribution in [0.25, 0.3) is 5.57 Å². The van der Waals surface area contributed by atoms with Gasteiger partial charge in [-0.1, -0.05) is 34.1 Å². The van der Waals surface area contributed by atoms with Crippen LogP contribution in [0.3, 0.4) is 0 Å². The van der Waals surface area contributed by atoms with E-state index in [1.54, 1.807) is 0 Å². The Hall–Kier alpha value is -1.62. The number of carbonyl (C=O) groups is 2. The smallest absolute Gasteiger partial charge is 0.346 e. The van der Waals surface area contributed by atoms with E-state index < -0.39 is 11.9 Å². The molecule has 1 aliphatic rings. The van der Waals surface area contributed by atoms with Crippen molar-refractivity contribution >= 4 is 33.4 Å². The van der Waals surface area contributed by atoms with Crippen molar-refractivity contribution < 1.29 is 19.1 Å². The number of benzene rings is 1. The molecule has 1 aromatic rings. The van der Waals surface area contributed by atoms with Gasteiger partial charge in [0.2, 0.25) is 0 Å². The molecule has 0 spiro atoms. The van der Waals surface area contributed by atoms with Gasteiger partial charge in [0.25, 0.3) is 0 Å². The van der Waals surface area contributed by atoms with E-state index in [0.29, 0.717) is 5.57 Å². The van der Waals surface area contributed by atoms with Crippen LogP contribution in [-0.4, -0.2) is 25.7 Å². The molecule has 0 atom stereocenters. The maximum absolute atomic E-state index is 11.5. The molecule has 2 rings (SSSR count). The molecule has 0 radical (unpaired) electrons. The molecule has 0 saturated carbocycles. The van der Waals surface area contributed by atoms with Gasteiger partial charge in [-0.2, -0.15) is 0 Å². The Balaban J connectivity index is 2.56. The number of halogens is 1. The molecule has 0 bridgehead atoms. The Morgan fingerprint density at radius 1 is 1.41 bits per heavy atom. The Morgan fingerprint density at radius 3 is 2.76 bits per heavy atom. The number of esters is 2. The average Bonchev–Trinajstić information content (AvgIpc) is 2.71. The molecule has 0 N–H and O–H groups in total. The molecule has 17 heavy (non-hydrogen) atoms. The zero-order valence-corrected chi connectivity index (χ0v) is 10.6. The third kappa shape index (κ3) is 2.10. The first kappa shape index (κ1) is 11.9. The van der Waals surface area contributed by atoms with Crippen LogP contribution in [0.15, 0.2) is 34.3 Å². The van der Waals surface area contributed by atoms with E-state index in [4.69, 9.17) is 4.74 Å². The van der Waals surface area contributed by atoms with Crippen molar-refractivity contribution in [2.75, 3.05) is 13.7 Å². The fourth-order valence-electron chi connectivity index (χ4n) is 1.63. The van der Waals surface area contributed by atoms with Crippen molar-refractivity contribution in [3.63, 3.8) is 0 Å². The van der Waals surface area contributed by atoms with Gasteiger partial charge in [-0.05, 0) is 11.6 Å². The molecule has 88 valence electrons. The van der Waals surface area contributed by atoms with E-state index in [2.05, 4.69) is 20.7 Å². The summed E-state index contributed by atoms with van der Waals surface area (Å²) in [5.74, 6) is -1.30. The minimum absolute atomic E-state index is 0.0283. The van der Waals surface area contributed by atoms with Crippen molar-refractivity contribution in [3.8, 4) is 0 Å². The lowest BCUT2D eigenvalue weighted by Gasteiger charge is -2.04. The lowest BCUT2D eigenvalue weighted by atomic mass is 10.0. The van der Waals surface area contributed by atoms with Crippen molar-refractivity contribution in [1.29, 1.82) is 0 Å². The van der Waals surface area contributed by atoms with E-state index in [1.165, 1.54) is 7.11 Å². The van der Waals surface area contributed by atoms with E-state index in [0.717, 1.165) is 10.0 Å². The lowest BCUT2D eigenvalue weighted by Crippen LogP contribution is -2.12. The highest BCUT2D eigenvalue weighted by Crippen LogP contribution is 2.31. The summed E-state index contributed by atoms with van der Waals surface area (Å²) in [6.45, 7) is 0.0892. The largest absolute Gasteiger partial charge is 0.465 e. The highest BCUT2D eigenvalue weighted by Gasteiger charge is 2.32. The Labute approximate surface area is 106 Å². The number of ether oxygens (including phenoxy) is 2. The van der Waals surface area contributed by atoms with E-state index in [1.807, 2.05) is 24.3 Å². The summed E-state index contributed by atoms with van der Waals surface area (Å²) in [5.41, 5.74) is 1.28. The first-order valence-corrected chi connectivity index (χ1v) is 5.68. The molecule has 0 amide bonds.